The number of benzene rings is 2. The Kier molecular flexibility index (Phi) is 6.63. The Morgan fingerprint density at radius 2 is 1.81 bits per heavy atom. The second kappa shape index (κ2) is 8.71. The van der Waals surface area contributed by atoms with Gasteiger partial charge >= 0.3 is 0 Å². The molecule has 0 aromatic heterocycles. The average molecular weight is 376 g/mol. The zero-order valence-corrected chi connectivity index (χ0v) is 16.0. The number of amides is 1. The van der Waals surface area contributed by atoms with E-state index in [1.807, 2.05) is 38.1 Å². The van der Waals surface area contributed by atoms with Crippen LogP contribution in [0.4, 0.5) is 5.69 Å². The van der Waals surface area contributed by atoms with Crippen LogP contribution in [0, 0.1) is 0 Å². The van der Waals surface area contributed by atoms with E-state index in [2.05, 4.69) is 10.0 Å². The molecule has 0 aliphatic heterocycles. The predicted molar refractivity (Wildman–Crippen MR) is 103 cm³/mol. The van der Waals surface area contributed by atoms with E-state index in [0.717, 1.165) is 11.3 Å². The van der Waals surface area contributed by atoms with Crippen molar-refractivity contribution in [1.29, 1.82) is 0 Å². The fraction of sp³-hybridized carbons (Fsp3) is 0.316. The van der Waals surface area contributed by atoms with E-state index in [0.29, 0.717) is 17.9 Å². The molecule has 0 spiro atoms. The first-order valence-electron chi connectivity index (χ1n) is 8.48. The summed E-state index contributed by atoms with van der Waals surface area (Å²) >= 11 is 0. The molecule has 2 rings (SSSR count). The van der Waals surface area contributed by atoms with Gasteiger partial charge in [0.05, 0.1) is 18.4 Å². The van der Waals surface area contributed by atoms with Crippen LogP contribution in [0.3, 0.4) is 0 Å². The van der Waals surface area contributed by atoms with Crippen LogP contribution in [0.2, 0.25) is 0 Å². The highest BCUT2D eigenvalue weighted by Gasteiger charge is 2.13. The first kappa shape index (κ1) is 19.8. The molecule has 7 heteroatoms. The molecule has 0 saturated heterocycles. The Hall–Kier alpha value is -2.54. The molecule has 0 saturated carbocycles. The summed E-state index contributed by atoms with van der Waals surface area (Å²) in [6.45, 7) is 5.96. The highest BCUT2D eigenvalue weighted by Crippen LogP contribution is 2.19. The van der Waals surface area contributed by atoms with Gasteiger partial charge in [-0.1, -0.05) is 18.2 Å². The maximum Gasteiger partial charge on any atom is 0.251 e. The lowest BCUT2D eigenvalue weighted by atomic mass is 10.1. The Morgan fingerprint density at radius 1 is 1.12 bits per heavy atom. The highest BCUT2D eigenvalue weighted by atomic mass is 32.2. The number of rotatable bonds is 8. The largest absolute Gasteiger partial charge is 0.494 e. The van der Waals surface area contributed by atoms with Gasteiger partial charge in [-0.3, -0.25) is 9.52 Å². The van der Waals surface area contributed by atoms with Crippen molar-refractivity contribution in [2.45, 2.75) is 26.8 Å². The lowest BCUT2D eigenvalue weighted by molar-refractivity contribution is 0.0940. The summed E-state index contributed by atoms with van der Waals surface area (Å²) in [6, 6.07) is 13.8. The van der Waals surface area contributed by atoms with Gasteiger partial charge < -0.3 is 10.1 Å². The van der Waals surface area contributed by atoms with E-state index in [9.17, 15) is 13.2 Å². The van der Waals surface area contributed by atoms with Gasteiger partial charge in [-0.05, 0) is 56.7 Å². The van der Waals surface area contributed by atoms with Crippen LogP contribution in [0.5, 0.6) is 5.75 Å². The summed E-state index contributed by atoms with van der Waals surface area (Å²) in [5, 5.41) is 2.91. The molecule has 2 aromatic carbocycles. The zero-order valence-electron chi connectivity index (χ0n) is 15.2. The van der Waals surface area contributed by atoms with Crippen molar-refractivity contribution in [2.75, 3.05) is 17.1 Å². The van der Waals surface area contributed by atoms with Crippen LogP contribution in [-0.2, 0) is 10.0 Å². The minimum Gasteiger partial charge on any atom is -0.494 e. The third kappa shape index (κ3) is 5.49. The molecule has 0 aliphatic carbocycles. The third-order valence-electron chi connectivity index (χ3n) is 3.82. The SMILES string of the molecule is CCOc1ccc([C@@H](C)NC(=O)c2cccc(NS(=O)(=O)CC)c2)cc1. The van der Waals surface area contributed by atoms with Gasteiger partial charge in [0.2, 0.25) is 10.0 Å². The van der Waals surface area contributed by atoms with E-state index in [1.54, 1.807) is 25.1 Å². The van der Waals surface area contributed by atoms with Crippen LogP contribution in [0.25, 0.3) is 0 Å². The first-order valence-corrected chi connectivity index (χ1v) is 10.1. The zero-order chi connectivity index (χ0) is 19.2. The minimum atomic E-state index is -3.38. The summed E-state index contributed by atoms with van der Waals surface area (Å²) in [4.78, 5) is 12.5. The number of nitrogens with one attached hydrogen (secondary N) is 2. The summed E-state index contributed by atoms with van der Waals surface area (Å²) in [7, 11) is -3.38. The summed E-state index contributed by atoms with van der Waals surface area (Å²) in [6.07, 6.45) is 0. The summed E-state index contributed by atoms with van der Waals surface area (Å²) in [5.74, 6) is 0.479. The maximum atomic E-state index is 12.5. The summed E-state index contributed by atoms with van der Waals surface area (Å²) < 4.78 is 31.2. The third-order valence-corrected chi connectivity index (χ3v) is 5.12. The first-order chi connectivity index (χ1) is 12.3. The Labute approximate surface area is 154 Å². The van der Waals surface area contributed by atoms with Crippen molar-refractivity contribution in [3.63, 3.8) is 0 Å². The molecule has 0 radical (unpaired) electrons. The van der Waals surface area contributed by atoms with Crippen molar-refractivity contribution in [3.8, 4) is 5.75 Å². The smallest absolute Gasteiger partial charge is 0.251 e. The second-order valence-corrected chi connectivity index (χ2v) is 7.79. The molecule has 140 valence electrons. The van der Waals surface area contributed by atoms with E-state index in [1.165, 1.54) is 6.07 Å². The lowest BCUT2D eigenvalue weighted by Gasteiger charge is -2.15. The number of carbonyl (C=O) groups is 1. The molecule has 0 aliphatic rings. The predicted octanol–water partition coefficient (Wildman–Crippen LogP) is 3.34. The fourth-order valence-electron chi connectivity index (χ4n) is 2.36. The van der Waals surface area contributed by atoms with Crippen molar-refractivity contribution in [1.82, 2.24) is 5.32 Å². The van der Waals surface area contributed by atoms with Crippen molar-refractivity contribution in [3.05, 3.63) is 59.7 Å². The topological polar surface area (TPSA) is 84.5 Å². The number of hydrogen-bond donors (Lipinski definition) is 2. The minimum absolute atomic E-state index is 0.0296. The normalized spacial score (nSPS) is 12.3. The molecule has 0 fully saturated rings. The van der Waals surface area contributed by atoms with Crippen LogP contribution in [-0.4, -0.2) is 26.7 Å². The van der Waals surface area contributed by atoms with Crippen LogP contribution in [0.15, 0.2) is 48.5 Å². The van der Waals surface area contributed by atoms with Crippen molar-refractivity contribution < 1.29 is 17.9 Å². The standard InChI is InChI=1S/C19H24N2O4S/c1-4-25-18-11-9-15(10-12-18)14(3)20-19(22)16-7-6-8-17(13-16)21-26(23,24)5-2/h6-14,21H,4-5H2,1-3H3,(H,20,22)/t14-/m1/s1. The Morgan fingerprint density at radius 3 is 2.42 bits per heavy atom. The van der Waals surface area contributed by atoms with Gasteiger partial charge in [0.15, 0.2) is 0 Å². The number of ether oxygens (including phenoxy) is 1. The molecule has 1 atom stereocenters. The Balaban J connectivity index is 2.07. The monoisotopic (exact) mass is 376 g/mol. The van der Waals surface area contributed by atoms with E-state index in [-0.39, 0.29) is 17.7 Å². The van der Waals surface area contributed by atoms with Gasteiger partial charge in [-0.15, -0.1) is 0 Å². The van der Waals surface area contributed by atoms with Gasteiger partial charge in [-0.25, -0.2) is 8.42 Å². The maximum absolute atomic E-state index is 12.5. The molecule has 0 bridgehead atoms. The highest BCUT2D eigenvalue weighted by molar-refractivity contribution is 7.92. The Bertz CT molecular complexity index is 848. The van der Waals surface area contributed by atoms with Crippen LogP contribution >= 0.6 is 0 Å². The van der Waals surface area contributed by atoms with Gasteiger partial charge in [0.25, 0.3) is 5.91 Å². The molecule has 1 amide bonds. The molecular weight excluding hydrogens is 352 g/mol. The second-order valence-electron chi connectivity index (χ2n) is 5.78. The van der Waals surface area contributed by atoms with Gasteiger partial charge in [0.1, 0.15) is 5.75 Å². The van der Waals surface area contributed by atoms with E-state index >= 15 is 0 Å². The van der Waals surface area contributed by atoms with E-state index < -0.39 is 10.0 Å². The number of sulfonamides is 1. The van der Waals surface area contributed by atoms with Crippen LogP contribution < -0.4 is 14.8 Å². The van der Waals surface area contributed by atoms with Crippen molar-refractivity contribution in [2.24, 2.45) is 0 Å². The quantitative estimate of drug-likeness (QED) is 0.740. The molecular formula is C19H24N2O4S. The molecule has 0 unspecified atom stereocenters. The van der Waals surface area contributed by atoms with Gasteiger partial charge in [-0.2, -0.15) is 0 Å². The van der Waals surface area contributed by atoms with Gasteiger partial charge in [0, 0.05) is 11.3 Å². The lowest BCUT2D eigenvalue weighted by Crippen LogP contribution is -2.26. The molecule has 2 N–H and O–H groups in total. The number of anilines is 1. The fourth-order valence-corrected chi connectivity index (χ4v) is 2.99. The molecule has 26 heavy (non-hydrogen) atoms. The van der Waals surface area contributed by atoms with Crippen molar-refractivity contribution >= 4 is 21.6 Å². The van der Waals surface area contributed by atoms with Crippen LogP contribution in [0.1, 0.15) is 42.7 Å². The van der Waals surface area contributed by atoms with E-state index in [4.69, 9.17) is 4.74 Å². The number of hydrogen-bond acceptors (Lipinski definition) is 4. The number of carbonyl (C=O) groups excluding carboxylic acids is 1. The summed E-state index contributed by atoms with van der Waals surface area (Å²) in [5.41, 5.74) is 1.71. The molecule has 0 heterocycles. The molecule has 6 nitrogen and oxygen atoms in total. The average Bonchev–Trinajstić information content (AvgIpc) is 2.62. The molecule has 2 aromatic rings.